The molecule has 0 unspecified atom stereocenters. The molecule has 162 valence electrons. The van der Waals surface area contributed by atoms with E-state index in [1.54, 1.807) is 32.5 Å². The molecule has 1 aliphatic carbocycles. The molecule has 0 bridgehead atoms. The predicted molar refractivity (Wildman–Crippen MR) is 114 cm³/mol. The first kappa shape index (κ1) is 20.6. The first-order valence-electron chi connectivity index (χ1n) is 9.90. The number of nitrogens with one attached hydrogen (secondary N) is 1. The van der Waals surface area contributed by atoms with Crippen LogP contribution in [-0.2, 0) is 6.54 Å². The minimum absolute atomic E-state index is 0.0301. The average Bonchev–Trinajstić information content (AvgIpc) is 3.58. The lowest BCUT2D eigenvalue weighted by Crippen LogP contribution is -2.11. The fourth-order valence-corrected chi connectivity index (χ4v) is 3.41. The Hall–Kier alpha value is -3.62. The highest BCUT2D eigenvalue weighted by Gasteiger charge is 2.40. The molecule has 1 aliphatic rings. The Kier molecular flexibility index (Phi) is 6.01. The molecule has 4 rings (SSSR count). The van der Waals surface area contributed by atoms with Gasteiger partial charge in [-0.15, -0.1) is 0 Å². The van der Waals surface area contributed by atoms with Crippen LogP contribution in [0.25, 0.3) is 0 Å². The number of aromatic nitrogens is 3. The van der Waals surface area contributed by atoms with E-state index in [0.29, 0.717) is 24.0 Å². The van der Waals surface area contributed by atoms with Crippen LogP contribution < -0.4 is 25.3 Å². The van der Waals surface area contributed by atoms with Gasteiger partial charge in [-0.05, 0) is 30.7 Å². The van der Waals surface area contributed by atoms with Crippen LogP contribution in [0.2, 0.25) is 0 Å². The topological polar surface area (TPSA) is 104 Å². The van der Waals surface area contributed by atoms with Crippen LogP contribution in [0.15, 0.2) is 42.6 Å². The molecule has 2 atom stereocenters. The minimum atomic E-state index is -0.684. The smallest absolute Gasteiger partial charge is 0.257 e. The molecule has 2 aromatic heterocycles. The van der Waals surface area contributed by atoms with E-state index in [4.69, 9.17) is 19.9 Å². The molecule has 9 heteroatoms. The van der Waals surface area contributed by atoms with Crippen molar-refractivity contribution in [1.29, 1.82) is 0 Å². The van der Waals surface area contributed by atoms with Crippen molar-refractivity contribution in [3.63, 3.8) is 0 Å². The number of nitrogens with zero attached hydrogens (tertiary/aromatic N) is 3. The van der Waals surface area contributed by atoms with Gasteiger partial charge in [0.25, 0.3) is 5.88 Å². The second kappa shape index (κ2) is 9.03. The number of rotatable bonds is 9. The van der Waals surface area contributed by atoms with E-state index in [-0.39, 0.29) is 30.1 Å². The molecular formula is C22H24FN5O3. The number of methoxy groups -OCH3 is 2. The van der Waals surface area contributed by atoms with Gasteiger partial charge in [0.2, 0.25) is 11.8 Å². The van der Waals surface area contributed by atoms with Crippen LogP contribution in [0.3, 0.4) is 0 Å². The van der Waals surface area contributed by atoms with Gasteiger partial charge in [-0.1, -0.05) is 6.07 Å². The molecule has 0 aliphatic heterocycles. The molecule has 31 heavy (non-hydrogen) atoms. The van der Waals surface area contributed by atoms with E-state index >= 15 is 0 Å². The van der Waals surface area contributed by atoms with E-state index in [1.165, 1.54) is 0 Å². The lowest BCUT2D eigenvalue weighted by Gasteiger charge is -2.13. The van der Waals surface area contributed by atoms with Gasteiger partial charge in [-0.3, -0.25) is 4.98 Å². The maximum absolute atomic E-state index is 14.9. The average molecular weight is 425 g/mol. The Balaban J connectivity index is 1.41. The Bertz CT molecular complexity index is 1050. The van der Waals surface area contributed by atoms with E-state index in [1.807, 2.05) is 24.3 Å². The van der Waals surface area contributed by atoms with Gasteiger partial charge >= 0.3 is 0 Å². The summed E-state index contributed by atoms with van der Waals surface area (Å²) in [4.78, 5) is 12.2. The largest absolute Gasteiger partial charge is 0.497 e. The normalized spacial score (nSPS) is 17.1. The van der Waals surface area contributed by atoms with E-state index in [0.717, 1.165) is 17.7 Å². The van der Waals surface area contributed by atoms with Gasteiger partial charge in [-0.2, -0.15) is 14.4 Å². The van der Waals surface area contributed by atoms with Crippen molar-refractivity contribution in [2.24, 2.45) is 5.92 Å². The molecule has 0 radical (unpaired) electrons. The molecule has 1 fully saturated rings. The predicted octanol–water partition coefficient (Wildman–Crippen LogP) is 3.40. The first-order valence-corrected chi connectivity index (χ1v) is 9.90. The number of nitrogen functional groups attached to an aromatic ring is 1. The van der Waals surface area contributed by atoms with Crippen molar-refractivity contribution in [2.45, 2.75) is 18.9 Å². The second-order valence-electron chi connectivity index (χ2n) is 7.25. The van der Waals surface area contributed by atoms with Crippen molar-refractivity contribution in [1.82, 2.24) is 15.0 Å². The van der Waals surface area contributed by atoms with Gasteiger partial charge in [-0.25, -0.2) is 0 Å². The first-order chi connectivity index (χ1) is 15.1. The number of anilines is 2. The molecule has 1 saturated carbocycles. The summed E-state index contributed by atoms with van der Waals surface area (Å²) < 4.78 is 31.1. The van der Waals surface area contributed by atoms with Crippen LogP contribution in [0, 0.1) is 11.7 Å². The monoisotopic (exact) mass is 425 g/mol. The summed E-state index contributed by atoms with van der Waals surface area (Å²) in [6, 6.07) is 11.2. The third-order valence-corrected chi connectivity index (χ3v) is 5.20. The maximum atomic E-state index is 14.9. The van der Waals surface area contributed by atoms with E-state index in [2.05, 4.69) is 20.3 Å². The standard InChI is InChI=1S/C22H24FN5O3/c1-29-15-7-6-13(18(10-15)30-2)11-26-20-19(23)21(28-22(24)27-20)31-12-14-9-16(14)17-5-3-4-8-25-17/h3-8,10,14,16H,9,11-12H2,1-2H3,(H3,24,26,27,28)/t14-,16+/m1/s1. The Morgan fingerprint density at radius 3 is 2.77 bits per heavy atom. The summed E-state index contributed by atoms with van der Waals surface area (Å²) in [5, 5.41) is 2.94. The molecule has 0 amide bonds. The minimum Gasteiger partial charge on any atom is -0.497 e. The summed E-state index contributed by atoms with van der Waals surface area (Å²) >= 11 is 0. The van der Waals surface area contributed by atoms with Gasteiger partial charge in [0.1, 0.15) is 11.5 Å². The quantitative estimate of drug-likeness (QED) is 0.538. The zero-order valence-electron chi connectivity index (χ0n) is 17.3. The number of nitrogens with two attached hydrogens (primary N) is 1. The number of halogens is 1. The van der Waals surface area contributed by atoms with Crippen LogP contribution >= 0.6 is 0 Å². The number of hydrogen-bond donors (Lipinski definition) is 2. The van der Waals surface area contributed by atoms with Gasteiger partial charge < -0.3 is 25.3 Å². The van der Waals surface area contributed by atoms with Gasteiger partial charge in [0, 0.05) is 41.9 Å². The van der Waals surface area contributed by atoms with Crippen molar-refractivity contribution < 1.29 is 18.6 Å². The summed E-state index contributed by atoms with van der Waals surface area (Å²) in [7, 11) is 3.14. The summed E-state index contributed by atoms with van der Waals surface area (Å²) in [6.45, 7) is 0.602. The SMILES string of the molecule is COc1ccc(CNc2nc(N)nc(OC[C@H]3C[C@@H]3c3ccccn3)c2F)c(OC)c1. The number of hydrogen-bond acceptors (Lipinski definition) is 8. The summed E-state index contributed by atoms with van der Waals surface area (Å²) in [5.74, 6) is 0.919. The zero-order valence-corrected chi connectivity index (χ0v) is 17.3. The maximum Gasteiger partial charge on any atom is 0.257 e. The Morgan fingerprint density at radius 2 is 2.03 bits per heavy atom. The van der Waals surface area contributed by atoms with Gasteiger partial charge in [0.15, 0.2) is 5.82 Å². The second-order valence-corrected chi connectivity index (χ2v) is 7.25. The van der Waals surface area contributed by atoms with Gasteiger partial charge in [0.05, 0.1) is 20.8 Å². The van der Waals surface area contributed by atoms with Crippen LogP contribution in [0.4, 0.5) is 16.2 Å². The molecule has 3 aromatic rings. The van der Waals surface area contributed by atoms with Crippen molar-refractivity contribution in [3.05, 3.63) is 59.7 Å². The number of benzene rings is 1. The van der Waals surface area contributed by atoms with Crippen molar-refractivity contribution >= 4 is 11.8 Å². The number of ether oxygens (including phenoxy) is 3. The lowest BCUT2D eigenvalue weighted by atomic mass is 10.2. The number of pyridine rings is 1. The zero-order chi connectivity index (χ0) is 21.8. The van der Waals surface area contributed by atoms with Crippen LogP contribution in [0.1, 0.15) is 23.6 Å². The Labute approximate surface area is 179 Å². The highest BCUT2D eigenvalue weighted by molar-refractivity contribution is 5.48. The van der Waals surface area contributed by atoms with Crippen molar-refractivity contribution in [3.8, 4) is 17.4 Å². The Morgan fingerprint density at radius 1 is 1.16 bits per heavy atom. The highest BCUT2D eigenvalue weighted by Crippen LogP contribution is 2.46. The molecule has 3 N–H and O–H groups in total. The van der Waals surface area contributed by atoms with E-state index in [9.17, 15) is 4.39 Å². The molecule has 1 aromatic carbocycles. The lowest BCUT2D eigenvalue weighted by molar-refractivity contribution is 0.271. The van der Waals surface area contributed by atoms with Crippen LogP contribution in [-0.4, -0.2) is 35.8 Å². The molecule has 8 nitrogen and oxygen atoms in total. The van der Waals surface area contributed by atoms with E-state index < -0.39 is 5.82 Å². The molecule has 0 saturated heterocycles. The molecular weight excluding hydrogens is 401 g/mol. The molecule has 0 spiro atoms. The molecule has 2 heterocycles. The van der Waals surface area contributed by atoms with Crippen molar-refractivity contribution in [2.75, 3.05) is 31.9 Å². The fraction of sp³-hybridized carbons (Fsp3) is 0.318. The third-order valence-electron chi connectivity index (χ3n) is 5.20. The third kappa shape index (κ3) is 4.76. The summed E-state index contributed by atoms with van der Waals surface area (Å²) in [6.07, 6.45) is 2.72. The summed E-state index contributed by atoms with van der Waals surface area (Å²) in [5.41, 5.74) is 7.60. The highest BCUT2D eigenvalue weighted by atomic mass is 19.1. The van der Waals surface area contributed by atoms with Crippen LogP contribution in [0.5, 0.6) is 17.4 Å². The fourth-order valence-electron chi connectivity index (χ4n) is 3.41.